The summed E-state index contributed by atoms with van der Waals surface area (Å²) in [6.45, 7) is 3.71. The van der Waals surface area contributed by atoms with Gasteiger partial charge in [-0.2, -0.15) is 0 Å². The Morgan fingerprint density at radius 3 is 2.65 bits per heavy atom. The van der Waals surface area contributed by atoms with Crippen molar-refractivity contribution in [1.29, 1.82) is 0 Å². The van der Waals surface area contributed by atoms with Crippen molar-refractivity contribution >= 4 is 5.78 Å². The third-order valence-electron chi connectivity index (χ3n) is 4.68. The fraction of sp³-hybridized carbons (Fsp3) is 0.800. The van der Waals surface area contributed by atoms with Crippen LogP contribution >= 0.6 is 0 Å². The van der Waals surface area contributed by atoms with E-state index >= 15 is 0 Å². The molecule has 0 heterocycles. The lowest BCUT2D eigenvalue weighted by atomic mass is 9.81. The number of rotatable bonds is 7. The number of unbranched alkanes of at least 4 members (excludes halogenated alkanes) is 3. The third kappa shape index (κ3) is 2.79. The van der Waals surface area contributed by atoms with Crippen molar-refractivity contribution in [3.8, 4) is 0 Å². The van der Waals surface area contributed by atoms with Gasteiger partial charge in [-0.05, 0) is 50.4 Å². The highest BCUT2D eigenvalue weighted by Crippen LogP contribution is 2.48. The van der Waals surface area contributed by atoms with Gasteiger partial charge in [0, 0.05) is 18.4 Å². The van der Waals surface area contributed by atoms with E-state index < -0.39 is 0 Å². The monoisotopic (exact) mass is 235 g/mol. The van der Waals surface area contributed by atoms with E-state index in [9.17, 15) is 4.79 Å². The van der Waals surface area contributed by atoms with Crippen molar-refractivity contribution in [3.05, 3.63) is 12.7 Å². The number of allylic oxidation sites excluding steroid dienone is 1. The molecule has 2 bridgehead atoms. The van der Waals surface area contributed by atoms with Crippen LogP contribution in [0.2, 0.25) is 0 Å². The molecule has 0 radical (unpaired) electrons. The summed E-state index contributed by atoms with van der Waals surface area (Å²) >= 11 is 0. The van der Waals surface area contributed by atoms with Crippen molar-refractivity contribution in [2.45, 2.75) is 57.4 Å². The van der Waals surface area contributed by atoms with Crippen LogP contribution < -0.4 is 5.73 Å². The predicted octanol–water partition coefficient (Wildman–Crippen LogP) is 3.07. The number of nitrogens with two attached hydrogens (primary N) is 1. The van der Waals surface area contributed by atoms with E-state index in [4.69, 9.17) is 5.73 Å². The smallest absolute Gasteiger partial charge is 0.137 e. The molecule has 0 aromatic heterocycles. The van der Waals surface area contributed by atoms with Gasteiger partial charge in [-0.25, -0.2) is 0 Å². The number of hydrogen-bond donors (Lipinski definition) is 1. The lowest BCUT2D eigenvalue weighted by Crippen LogP contribution is -2.40. The van der Waals surface area contributed by atoms with E-state index in [0.29, 0.717) is 17.6 Å². The average molecular weight is 235 g/mol. The number of fused-ring (bicyclic) bond motifs is 2. The fourth-order valence-electron chi connectivity index (χ4n) is 3.74. The molecule has 2 N–H and O–H groups in total. The minimum atomic E-state index is 0.175. The molecule has 0 aromatic carbocycles. The van der Waals surface area contributed by atoms with Crippen LogP contribution in [-0.2, 0) is 4.79 Å². The summed E-state index contributed by atoms with van der Waals surface area (Å²) in [7, 11) is 0. The van der Waals surface area contributed by atoms with Gasteiger partial charge in [-0.15, -0.1) is 6.58 Å². The number of carbonyl (C=O) groups excluding carboxylic acids is 1. The molecule has 2 rings (SSSR count). The SMILES string of the molecule is C=CCCCCCC(=O)C1C2CCC(C2)C1N. The molecule has 4 atom stereocenters. The summed E-state index contributed by atoms with van der Waals surface area (Å²) in [6, 6.07) is 0.175. The highest BCUT2D eigenvalue weighted by atomic mass is 16.1. The summed E-state index contributed by atoms with van der Waals surface area (Å²) in [6.07, 6.45) is 10.8. The number of hydrogen-bond acceptors (Lipinski definition) is 2. The normalized spacial score (nSPS) is 35.1. The maximum atomic E-state index is 12.2. The molecule has 2 saturated carbocycles. The van der Waals surface area contributed by atoms with Gasteiger partial charge < -0.3 is 5.73 Å². The van der Waals surface area contributed by atoms with Crippen molar-refractivity contribution in [2.75, 3.05) is 0 Å². The van der Waals surface area contributed by atoms with Crippen LogP contribution in [-0.4, -0.2) is 11.8 Å². The molecule has 0 aromatic rings. The molecule has 0 aliphatic heterocycles. The lowest BCUT2D eigenvalue weighted by Gasteiger charge is -2.26. The molecule has 2 fully saturated rings. The van der Waals surface area contributed by atoms with Gasteiger partial charge in [-0.1, -0.05) is 12.5 Å². The second-order valence-corrected chi connectivity index (χ2v) is 5.79. The van der Waals surface area contributed by atoms with E-state index in [1.165, 1.54) is 25.7 Å². The Hall–Kier alpha value is -0.630. The molecule has 0 saturated heterocycles. The minimum Gasteiger partial charge on any atom is -0.327 e. The first kappa shape index (κ1) is 12.8. The van der Waals surface area contributed by atoms with Crippen LogP contribution in [0, 0.1) is 17.8 Å². The fourth-order valence-corrected chi connectivity index (χ4v) is 3.74. The quantitative estimate of drug-likeness (QED) is 0.544. The topological polar surface area (TPSA) is 43.1 Å². The zero-order chi connectivity index (χ0) is 12.3. The number of carbonyl (C=O) groups is 1. The molecule has 0 amide bonds. The maximum absolute atomic E-state index is 12.2. The Labute approximate surface area is 105 Å². The van der Waals surface area contributed by atoms with Gasteiger partial charge in [-0.3, -0.25) is 4.79 Å². The van der Waals surface area contributed by atoms with Crippen LogP contribution in [0.25, 0.3) is 0 Å². The summed E-state index contributed by atoms with van der Waals surface area (Å²) < 4.78 is 0. The number of Topliss-reactive ketones (excluding diaryl/α,β-unsaturated/α-hetero) is 1. The first-order chi connectivity index (χ1) is 8.24. The van der Waals surface area contributed by atoms with E-state index in [-0.39, 0.29) is 12.0 Å². The zero-order valence-electron chi connectivity index (χ0n) is 10.7. The summed E-state index contributed by atoms with van der Waals surface area (Å²) in [4.78, 5) is 12.2. The molecule has 2 aliphatic rings. The molecule has 17 heavy (non-hydrogen) atoms. The van der Waals surface area contributed by atoms with Gasteiger partial charge in [0.05, 0.1) is 0 Å². The first-order valence-electron chi connectivity index (χ1n) is 7.13. The Bertz CT molecular complexity index is 285. The average Bonchev–Trinajstić information content (AvgIpc) is 2.89. The third-order valence-corrected chi connectivity index (χ3v) is 4.68. The van der Waals surface area contributed by atoms with Gasteiger partial charge in [0.1, 0.15) is 5.78 Å². The van der Waals surface area contributed by atoms with E-state index in [1.807, 2.05) is 6.08 Å². The van der Waals surface area contributed by atoms with E-state index in [2.05, 4.69) is 6.58 Å². The molecule has 4 unspecified atom stereocenters. The standard InChI is InChI=1S/C15H25NO/c1-2-3-4-5-6-7-13(17)14-11-8-9-12(10-11)15(14)16/h2,11-12,14-15H,1,3-10,16H2. The number of ketones is 1. The molecular weight excluding hydrogens is 210 g/mol. The summed E-state index contributed by atoms with van der Waals surface area (Å²) in [5, 5.41) is 0. The van der Waals surface area contributed by atoms with Crippen molar-refractivity contribution in [2.24, 2.45) is 23.5 Å². The molecule has 2 aliphatic carbocycles. The molecule has 2 nitrogen and oxygen atoms in total. The van der Waals surface area contributed by atoms with E-state index in [0.717, 1.165) is 25.7 Å². The minimum absolute atomic E-state index is 0.175. The van der Waals surface area contributed by atoms with Crippen molar-refractivity contribution in [1.82, 2.24) is 0 Å². The molecular formula is C15H25NO. The predicted molar refractivity (Wildman–Crippen MR) is 70.6 cm³/mol. The largest absolute Gasteiger partial charge is 0.327 e. The molecule has 96 valence electrons. The van der Waals surface area contributed by atoms with Crippen LogP contribution in [0.4, 0.5) is 0 Å². The van der Waals surface area contributed by atoms with Crippen molar-refractivity contribution in [3.63, 3.8) is 0 Å². The van der Waals surface area contributed by atoms with Gasteiger partial charge in [0.2, 0.25) is 0 Å². The van der Waals surface area contributed by atoms with Crippen LogP contribution in [0.5, 0.6) is 0 Å². The second-order valence-electron chi connectivity index (χ2n) is 5.79. The van der Waals surface area contributed by atoms with Crippen molar-refractivity contribution < 1.29 is 4.79 Å². The Morgan fingerprint density at radius 1 is 1.24 bits per heavy atom. The maximum Gasteiger partial charge on any atom is 0.137 e. The highest BCUT2D eigenvalue weighted by Gasteiger charge is 2.48. The second kappa shape index (κ2) is 5.81. The Morgan fingerprint density at radius 2 is 2.00 bits per heavy atom. The van der Waals surface area contributed by atoms with Crippen LogP contribution in [0.1, 0.15) is 51.4 Å². The molecule has 2 heteroatoms. The molecule has 0 spiro atoms. The lowest BCUT2D eigenvalue weighted by molar-refractivity contribution is -0.125. The Balaban J connectivity index is 1.71. The highest BCUT2D eigenvalue weighted by molar-refractivity contribution is 5.82. The van der Waals surface area contributed by atoms with Crippen LogP contribution in [0.15, 0.2) is 12.7 Å². The zero-order valence-corrected chi connectivity index (χ0v) is 10.7. The van der Waals surface area contributed by atoms with Crippen LogP contribution in [0.3, 0.4) is 0 Å². The van der Waals surface area contributed by atoms with E-state index in [1.54, 1.807) is 0 Å². The van der Waals surface area contributed by atoms with Gasteiger partial charge in [0.25, 0.3) is 0 Å². The summed E-state index contributed by atoms with van der Waals surface area (Å²) in [5.74, 6) is 1.92. The Kier molecular flexibility index (Phi) is 4.38. The first-order valence-corrected chi connectivity index (χ1v) is 7.13. The summed E-state index contributed by atoms with van der Waals surface area (Å²) in [5.41, 5.74) is 6.18. The van der Waals surface area contributed by atoms with Gasteiger partial charge >= 0.3 is 0 Å². The van der Waals surface area contributed by atoms with Gasteiger partial charge in [0.15, 0.2) is 0 Å².